The van der Waals surface area contributed by atoms with E-state index in [0.29, 0.717) is 13.1 Å². The van der Waals surface area contributed by atoms with Gasteiger partial charge in [-0.05, 0) is 18.9 Å². The summed E-state index contributed by atoms with van der Waals surface area (Å²) in [6.07, 6.45) is 0.611. The monoisotopic (exact) mass is 360 g/mol. The lowest BCUT2D eigenvalue weighted by Crippen LogP contribution is -2.35. The van der Waals surface area contributed by atoms with Crippen LogP contribution in [-0.2, 0) is 9.53 Å². The number of alkyl halides is 3. The Hall–Kier alpha value is -2.32. The molecule has 6 nitrogen and oxygen atoms in total. The van der Waals surface area contributed by atoms with Crippen molar-refractivity contribution in [2.24, 2.45) is 0 Å². The zero-order valence-electron chi connectivity index (χ0n) is 13.6. The van der Waals surface area contributed by atoms with E-state index >= 15 is 0 Å². The molecule has 0 bridgehead atoms. The Morgan fingerprint density at radius 3 is 2.36 bits per heavy atom. The largest absolute Gasteiger partial charge is 0.468 e. The summed E-state index contributed by atoms with van der Waals surface area (Å²) in [5, 5.41) is 0. The Morgan fingerprint density at radius 2 is 1.80 bits per heavy atom. The van der Waals surface area contributed by atoms with Crippen molar-refractivity contribution < 1.29 is 32.2 Å². The van der Waals surface area contributed by atoms with Gasteiger partial charge in [-0.15, -0.1) is 0 Å². The quantitative estimate of drug-likeness (QED) is 0.755. The number of hydrogen-bond donors (Lipinski definition) is 0. The van der Waals surface area contributed by atoms with E-state index in [-0.39, 0.29) is 24.0 Å². The van der Waals surface area contributed by atoms with E-state index in [4.69, 9.17) is 4.74 Å². The number of esters is 1. The number of pyridine rings is 1. The zero-order valence-corrected chi connectivity index (χ0v) is 13.6. The molecular formula is C16H19F3N2O4. The van der Waals surface area contributed by atoms with E-state index in [1.165, 1.54) is 6.07 Å². The number of aromatic nitrogens is 1. The Morgan fingerprint density at radius 1 is 1.12 bits per heavy atom. The highest BCUT2D eigenvalue weighted by Crippen LogP contribution is 2.17. The van der Waals surface area contributed by atoms with Crippen molar-refractivity contribution in [2.45, 2.75) is 31.9 Å². The average molecular weight is 360 g/mol. The molecule has 0 atom stereocenters. The lowest BCUT2D eigenvalue weighted by atomic mass is 10.2. The highest BCUT2D eigenvalue weighted by Gasteiger charge is 2.28. The van der Waals surface area contributed by atoms with Crippen LogP contribution >= 0.6 is 0 Å². The van der Waals surface area contributed by atoms with E-state index in [0.717, 1.165) is 37.9 Å². The maximum absolute atomic E-state index is 12.0. The van der Waals surface area contributed by atoms with Crippen LogP contribution in [0.25, 0.3) is 0 Å². The van der Waals surface area contributed by atoms with Gasteiger partial charge in [0.1, 0.15) is 0 Å². The van der Waals surface area contributed by atoms with E-state index < -0.39 is 18.8 Å². The molecule has 1 aliphatic rings. The van der Waals surface area contributed by atoms with Gasteiger partial charge < -0.3 is 14.4 Å². The average Bonchev–Trinajstić information content (AvgIpc) is 2.87. The Labute approximate surface area is 142 Å². The first kappa shape index (κ1) is 19.0. The maximum Gasteiger partial charge on any atom is 0.422 e. The SMILES string of the molecule is O=C(OCC(=O)N1CCCCCC1)c1ccc(OCC(F)(F)F)nc1. The number of carbonyl (C=O) groups excluding carboxylic acids is 2. The fourth-order valence-corrected chi connectivity index (χ4v) is 2.36. The van der Waals surface area contributed by atoms with E-state index in [2.05, 4.69) is 9.72 Å². The topological polar surface area (TPSA) is 68.7 Å². The fourth-order valence-electron chi connectivity index (χ4n) is 2.36. The van der Waals surface area contributed by atoms with Crippen LogP contribution in [0.5, 0.6) is 5.88 Å². The van der Waals surface area contributed by atoms with Crippen LogP contribution in [0.1, 0.15) is 36.0 Å². The number of amides is 1. The molecule has 1 amide bonds. The van der Waals surface area contributed by atoms with Crippen molar-refractivity contribution in [1.82, 2.24) is 9.88 Å². The molecule has 0 N–H and O–H groups in total. The molecular weight excluding hydrogens is 341 g/mol. The molecule has 25 heavy (non-hydrogen) atoms. The van der Waals surface area contributed by atoms with Crippen molar-refractivity contribution in [3.63, 3.8) is 0 Å². The molecule has 138 valence electrons. The molecule has 0 aliphatic carbocycles. The minimum absolute atomic E-state index is 0.0306. The first-order valence-electron chi connectivity index (χ1n) is 7.96. The third kappa shape index (κ3) is 6.60. The van der Waals surface area contributed by atoms with E-state index in [1.54, 1.807) is 4.90 Å². The van der Waals surface area contributed by atoms with Gasteiger partial charge >= 0.3 is 12.1 Å². The first-order valence-corrected chi connectivity index (χ1v) is 7.96. The number of halogens is 3. The fraction of sp³-hybridized carbons (Fsp3) is 0.562. The minimum atomic E-state index is -4.47. The predicted octanol–water partition coefficient (Wildman–Crippen LogP) is 2.58. The molecule has 2 rings (SSSR count). The van der Waals surface area contributed by atoms with Crippen LogP contribution in [0.4, 0.5) is 13.2 Å². The number of nitrogens with zero attached hydrogens (tertiary/aromatic N) is 2. The lowest BCUT2D eigenvalue weighted by molar-refractivity contribution is -0.154. The van der Waals surface area contributed by atoms with Crippen molar-refractivity contribution in [3.8, 4) is 5.88 Å². The number of hydrogen-bond acceptors (Lipinski definition) is 5. The van der Waals surface area contributed by atoms with Crippen molar-refractivity contribution in [2.75, 3.05) is 26.3 Å². The van der Waals surface area contributed by atoms with Crippen molar-refractivity contribution in [3.05, 3.63) is 23.9 Å². The van der Waals surface area contributed by atoms with Gasteiger partial charge in [-0.3, -0.25) is 4.79 Å². The van der Waals surface area contributed by atoms with Gasteiger partial charge in [0.25, 0.3) is 5.91 Å². The molecule has 1 aromatic heterocycles. The molecule has 9 heteroatoms. The summed E-state index contributed by atoms with van der Waals surface area (Å²) in [5.41, 5.74) is 0.0306. The summed E-state index contributed by atoms with van der Waals surface area (Å²) in [4.78, 5) is 29.2. The van der Waals surface area contributed by atoms with Gasteiger partial charge in [0.2, 0.25) is 5.88 Å². The molecule has 0 saturated carbocycles. The number of rotatable bonds is 5. The predicted molar refractivity (Wildman–Crippen MR) is 81.1 cm³/mol. The molecule has 0 unspecified atom stereocenters. The highest BCUT2D eigenvalue weighted by atomic mass is 19.4. The molecule has 1 saturated heterocycles. The minimum Gasteiger partial charge on any atom is -0.468 e. The van der Waals surface area contributed by atoms with Crippen LogP contribution in [0.3, 0.4) is 0 Å². The van der Waals surface area contributed by atoms with Crippen LogP contribution in [0.15, 0.2) is 18.3 Å². The number of likely N-dealkylation sites (tertiary alicyclic amines) is 1. The second-order valence-electron chi connectivity index (χ2n) is 5.66. The number of carbonyl (C=O) groups is 2. The Kier molecular flexibility index (Phi) is 6.60. The molecule has 2 heterocycles. The molecule has 1 fully saturated rings. The maximum atomic E-state index is 12.0. The standard InChI is InChI=1S/C16H19F3N2O4/c17-16(18,19)11-25-13-6-5-12(9-20-13)15(23)24-10-14(22)21-7-3-1-2-4-8-21/h5-6,9H,1-4,7-8,10-11H2. The summed E-state index contributed by atoms with van der Waals surface area (Å²) in [7, 11) is 0. The van der Waals surface area contributed by atoms with Crippen molar-refractivity contribution in [1.29, 1.82) is 0 Å². The van der Waals surface area contributed by atoms with E-state index in [1.807, 2.05) is 0 Å². The summed E-state index contributed by atoms with van der Waals surface area (Å²) < 4.78 is 45.5. The van der Waals surface area contributed by atoms with Crippen LogP contribution in [0, 0.1) is 0 Å². The van der Waals surface area contributed by atoms with Gasteiger partial charge in [0.05, 0.1) is 5.56 Å². The molecule has 1 aliphatic heterocycles. The summed E-state index contributed by atoms with van der Waals surface area (Å²) in [6.45, 7) is -0.522. The van der Waals surface area contributed by atoms with Crippen LogP contribution < -0.4 is 4.74 Å². The highest BCUT2D eigenvalue weighted by molar-refractivity contribution is 5.91. The third-order valence-corrected chi connectivity index (χ3v) is 3.64. The molecule has 0 spiro atoms. The zero-order chi connectivity index (χ0) is 18.3. The van der Waals surface area contributed by atoms with Gasteiger partial charge in [-0.2, -0.15) is 13.2 Å². The Bertz CT molecular complexity index is 582. The summed E-state index contributed by atoms with van der Waals surface area (Å²) in [5.74, 6) is -1.28. The Balaban J connectivity index is 1.81. The smallest absolute Gasteiger partial charge is 0.422 e. The first-order chi connectivity index (χ1) is 11.8. The van der Waals surface area contributed by atoms with Gasteiger partial charge in [0, 0.05) is 25.4 Å². The second-order valence-corrected chi connectivity index (χ2v) is 5.66. The molecule has 0 aromatic carbocycles. The van der Waals surface area contributed by atoms with Crippen LogP contribution in [0.2, 0.25) is 0 Å². The van der Waals surface area contributed by atoms with Gasteiger partial charge in [0.15, 0.2) is 13.2 Å². The summed E-state index contributed by atoms with van der Waals surface area (Å²) in [6, 6.07) is 2.37. The van der Waals surface area contributed by atoms with Gasteiger partial charge in [-0.1, -0.05) is 12.8 Å². The van der Waals surface area contributed by atoms with E-state index in [9.17, 15) is 22.8 Å². The van der Waals surface area contributed by atoms with Crippen molar-refractivity contribution >= 4 is 11.9 Å². The summed E-state index contributed by atoms with van der Waals surface area (Å²) >= 11 is 0. The molecule has 1 aromatic rings. The normalized spacial score (nSPS) is 15.4. The lowest BCUT2D eigenvalue weighted by Gasteiger charge is -2.19. The second kappa shape index (κ2) is 8.68. The molecule has 0 radical (unpaired) electrons. The van der Waals surface area contributed by atoms with Gasteiger partial charge in [-0.25, -0.2) is 9.78 Å². The van der Waals surface area contributed by atoms with Crippen LogP contribution in [-0.4, -0.2) is 54.2 Å². The third-order valence-electron chi connectivity index (χ3n) is 3.64. The number of ether oxygens (including phenoxy) is 2.